The molecule has 0 aliphatic heterocycles. The van der Waals surface area contributed by atoms with Gasteiger partial charge in [-0.05, 0) is 24.0 Å². The molecule has 0 amide bonds. The molecule has 1 heterocycles. The maximum Gasteiger partial charge on any atom is 0.190 e. The molecule has 0 saturated carbocycles. The number of hydrogen-bond donors (Lipinski definition) is 1. The Bertz CT molecular complexity index is 624. The standard InChI is InChI=1S/C13H11ClN4S/c1-19-13-17-11(14)6-12(18-13)16-8-10-4-2-3-9(5-10)7-15/h2-6H,8H2,1H3,(H,16,17,18). The minimum absolute atomic E-state index is 0.410. The van der Waals surface area contributed by atoms with Crippen molar-refractivity contribution in [1.82, 2.24) is 9.97 Å². The molecule has 0 fully saturated rings. The van der Waals surface area contributed by atoms with Crippen LogP contribution in [0.3, 0.4) is 0 Å². The van der Waals surface area contributed by atoms with Gasteiger partial charge in [0, 0.05) is 12.6 Å². The molecule has 19 heavy (non-hydrogen) atoms. The number of nitrogens with zero attached hydrogens (tertiary/aromatic N) is 3. The molecule has 0 aliphatic carbocycles. The second-order valence-corrected chi connectivity index (χ2v) is 4.89. The molecule has 0 radical (unpaired) electrons. The third-order valence-corrected chi connectivity index (χ3v) is 3.13. The van der Waals surface area contributed by atoms with Crippen molar-refractivity contribution < 1.29 is 0 Å². The van der Waals surface area contributed by atoms with Crippen molar-refractivity contribution in [3.05, 3.63) is 46.6 Å². The first kappa shape index (κ1) is 13.7. The fourth-order valence-electron chi connectivity index (χ4n) is 1.52. The predicted octanol–water partition coefficient (Wildman–Crippen LogP) is 3.34. The molecular weight excluding hydrogens is 280 g/mol. The monoisotopic (exact) mass is 290 g/mol. The number of benzene rings is 1. The van der Waals surface area contributed by atoms with Gasteiger partial charge in [-0.2, -0.15) is 5.26 Å². The Hall–Kier alpha value is -1.77. The normalized spacial score (nSPS) is 9.95. The molecule has 96 valence electrons. The Morgan fingerprint density at radius 1 is 1.37 bits per heavy atom. The minimum atomic E-state index is 0.410. The maximum absolute atomic E-state index is 8.84. The SMILES string of the molecule is CSc1nc(Cl)cc(NCc2cccc(C#N)c2)n1. The van der Waals surface area contributed by atoms with Gasteiger partial charge in [0.2, 0.25) is 0 Å². The molecule has 2 rings (SSSR count). The molecule has 4 nitrogen and oxygen atoms in total. The van der Waals surface area contributed by atoms with Crippen LogP contribution in [0.1, 0.15) is 11.1 Å². The number of halogens is 1. The van der Waals surface area contributed by atoms with Crippen molar-refractivity contribution in [2.75, 3.05) is 11.6 Å². The van der Waals surface area contributed by atoms with Crippen LogP contribution in [0.4, 0.5) is 5.82 Å². The van der Waals surface area contributed by atoms with Crippen LogP contribution in [0, 0.1) is 11.3 Å². The Kier molecular flexibility index (Phi) is 4.61. The molecule has 0 saturated heterocycles. The first-order valence-corrected chi connectivity index (χ1v) is 7.13. The van der Waals surface area contributed by atoms with Crippen LogP contribution in [0.25, 0.3) is 0 Å². The van der Waals surface area contributed by atoms with Gasteiger partial charge in [-0.1, -0.05) is 35.5 Å². The summed E-state index contributed by atoms with van der Waals surface area (Å²) in [6.07, 6.45) is 1.89. The lowest BCUT2D eigenvalue weighted by molar-refractivity contribution is 0.956. The van der Waals surface area contributed by atoms with Crippen molar-refractivity contribution in [2.45, 2.75) is 11.7 Å². The first-order valence-electron chi connectivity index (χ1n) is 5.53. The van der Waals surface area contributed by atoms with E-state index in [2.05, 4.69) is 21.4 Å². The molecule has 0 aliphatic rings. The van der Waals surface area contributed by atoms with Crippen molar-refractivity contribution in [2.24, 2.45) is 0 Å². The average Bonchev–Trinajstić information content (AvgIpc) is 2.44. The highest BCUT2D eigenvalue weighted by atomic mass is 35.5. The van der Waals surface area contributed by atoms with Crippen molar-refractivity contribution >= 4 is 29.2 Å². The molecule has 0 spiro atoms. The van der Waals surface area contributed by atoms with Gasteiger partial charge in [-0.15, -0.1) is 0 Å². The van der Waals surface area contributed by atoms with Crippen LogP contribution in [0.5, 0.6) is 0 Å². The average molecular weight is 291 g/mol. The zero-order valence-electron chi connectivity index (χ0n) is 10.2. The molecular formula is C13H11ClN4S. The van der Waals surface area contributed by atoms with Gasteiger partial charge < -0.3 is 5.32 Å². The van der Waals surface area contributed by atoms with Crippen LogP contribution >= 0.6 is 23.4 Å². The quantitative estimate of drug-likeness (QED) is 0.531. The van der Waals surface area contributed by atoms with Crippen molar-refractivity contribution in [3.63, 3.8) is 0 Å². The molecule has 0 bridgehead atoms. The summed E-state index contributed by atoms with van der Waals surface area (Å²) >= 11 is 7.35. The van der Waals surface area contributed by atoms with E-state index in [0.717, 1.165) is 5.56 Å². The summed E-state index contributed by atoms with van der Waals surface area (Å²) in [4.78, 5) is 8.37. The molecule has 1 N–H and O–H groups in total. The lowest BCUT2D eigenvalue weighted by Gasteiger charge is -2.07. The number of anilines is 1. The number of nitriles is 1. The van der Waals surface area contributed by atoms with Gasteiger partial charge >= 0.3 is 0 Å². The number of rotatable bonds is 4. The first-order chi connectivity index (χ1) is 9.21. The van der Waals surface area contributed by atoms with E-state index in [4.69, 9.17) is 16.9 Å². The van der Waals surface area contributed by atoms with E-state index in [0.29, 0.717) is 28.2 Å². The molecule has 6 heteroatoms. The van der Waals surface area contributed by atoms with E-state index in [1.165, 1.54) is 11.8 Å². The van der Waals surface area contributed by atoms with Crippen LogP contribution in [0.15, 0.2) is 35.5 Å². The summed E-state index contributed by atoms with van der Waals surface area (Å²) < 4.78 is 0. The topological polar surface area (TPSA) is 61.6 Å². The van der Waals surface area contributed by atoms with Crippen LogP contribution < -0.4 is 5.32 Å². The van der Waals surface area contributed by atoms with Crippen LogP contribution in [-0.4, -0.2) is 16.2 Å². The van der Waals surface area contributed by atoms with E-state index >= 15 is 0 Å². The van der Waals surface area contributed by atoms with Gasteiger partial charge in [0.05, 0.1) is 11.6 Å². The summed E-state index contributed by atoms with van der Waals surface area (Å²) in [5, 5.41) is 13.0. The Balaban J connectivity index is 2.10. The summed E-state index contributed by atoms with van der Waals surface area (Å²) in [5.41, 5.74) is 1.66. The Morgan fingerprint density at radius 2 is 2.21 bits per heavy atom. The molecule has 2 aromatic rings. The largest absolute Gasteiger partial charge is 0.366 e. The summed E-state index contributed by atoms with van der Waals surface area (Å²) in [5.74, 6) is 0.673. The Labute approximate surface area is 120 Å². The second-order valence-electron chi connectivity index (χ2n) is 3.73. The summed E-state index contributed by atoms with van der Waals surface area (Å²) in [7, 11) is 0. The lowest BCUT2D eigenvalue weighted by atomic mass is 10.1. The number of aromatic nitrogens is 2. The van der Waals surface area contributed by atoms with E-state index in [-0.39, 0.29) is 0 Å². The lowest BCUT2D eigenvalue weighted by Crippen LogP contribution is -2.03. The summed E-state index contributed by atoms with van der Waals surface area (Å²) in [6.45, 7) is 0.580. The predicted molar refractivity (Wildman–Crippen MR) is 77.3 cm³/mol. The fraction of sp³-hybridized carbons (Fsp3) is 0.154. The number of hydrogen-bond acceptors (Lipinski definition) is 5. The van der Waals surface area contributed by atoms with E-state index in [1.54, 1.807) is 12.1 Å². The highest BCUT2D eigenvalue weighted by molar-refractivity contribution is 7.98. The molecule has 1 aromatic heterocycles. The smallest absolute Gasteiger partial charge is 0.190 e. The third kappa shape index (κ3) is 3.85. The van der Waals surface area contributed by atoms with Gasteiger partial charge in [0.25, 0.3) is 0 Å². The third-order valence-electron chi connectivity index (χ3n) is 2.39. The summed E-state index contributed by atoms with van der Waals surface area (Å²) in [6, 6.07) is 11.2. The zero-order valence-corrected chi connectivity index (χ0v) is 11.8. The fourth-order valence-corrected chi connectivity index (χ4v) is 2.13. The van der Waals surface area contributed by atoms with Gasteiger partial charge in [-0.3, -0.25) is 0 Å². The van der Waals surface area contributed by atoms with Gasteiger partial charge in [0.1, 0.15) is 11.0 Å². The van der Waals surface area contributed by atoms with Crippen LogP contribution in [-0.2, 0) is 6.54 Å². The highest BCUT2D eigenvalue weighted by Gasteiger charge is 2.02. The minimum Gasteiger partial charge on any atom is -0.366 e. The maximum atomic E-state index is 8.84. The van der Waals surface area contributed by atoms with Gasteiger partial charge in [-0.25, -0.2) is 9.97 Å². The number of thioether (sulfide) groups is 1. The van der Waals surface area contributed by atoms with E-state index < -0.39 is 0 Å². The molecule has 1 aromatic carbocycles. The van der Waals surface area contributed by atoms with E-state index in [1.807, 2.05) is 24.5 Å². The molecule has 0 unspecified atom stereocenters. The second kappa shape index (κ2) is 6.41. The van der Waals surface area contributed by atoms with Crippen molar-refractivity contribution in [3.8, 4) is 6.07 Å². The van der Waals surface area contributed by atoms with Gasteiger partial charge in [0.15, 0.2) is 5.16 Å². The molecule has 0 atom stereocenters. The Morgan fingerprint density at radius 3 is 2.95 bits per heavy atom. The van der Waals surface area contributed by atoms with E-state index in [9.17, 15) is 0 Å². The number of nitrogens with one attached hydrogen (secondary N) is 1. The van der Waals surface area contributed by atoms with Crippen molar-refractivity contribution in [1.29, 1.82) is 5.26 Å². The highest BCUT2D eigenvalue weighted by Crippen LogP contribution is 2.17. The zero-order chi connectivity index (χ0) is 13.7. The van der Waals surface area contributed by atoms with Crippen LogP contribution in [0.2, 0.25) is 5.15 Å².